The molecule has 0 bridgehead atoms. The van der Waals surface area contributed by atoms with E-state index >= 15 is 0 Å². The molecule has 2 unspecified atom stereocenters. The highest BCUT2D eigenvalue weighted by Crippen LogP contribution is 2.22. The Balaban J connectivity index is 2.23. The van der Waals surface area contributed by atoms with Crippen molar-refractivity contribution in [2.45, 2.75) is 31.8 Å². The van der Waals surface area contributed by atoms with E-state index in [2.05, 4.69) is 5.32 Å². The molecule has 0 radical (unpaired) electrons. The molecular formula is C8H12N2OS. The molecule has 0 aromatic carbocycles. The molecule has 0 saturated carbocycles. The fourth-order valence-electron chi connectivity index (χ4n) is 1.92. The first kappa shape index (κ1) is 7.98. The summed E-state index contributed by atoms with van der Waals surface area (Å²) in [4.78, 5) is 14.3. The van der Waals surface area contributed by atoms with Crippen molar-refractivity contribution in [3.05, 3.63) is 0 Å². The van der Waals surface area contributed by atoms with Crippen LogP contribution in [0.25, 0.3) is 0 Å². The normalized spacial score (nSPS) is 34.9. The van der Waals surface area contributed by atoms with Crippen molar-refractivity contribution >= 4 is 23.1 Å². The Hall–Kier alpha value is -0.640. The van der Waals surface area contributed by atoms with E-state index in [-0.39, 0.29) is 18.0 Å². The first-order valence-corrected chi connectivity index (χ1v) is 4.72. The quantitative estimate of drug-likeness (QED) is 0.549. The van der Waals surface area contributed by atoms with Crippen LogP contribution in [-0.2, 0) is 4.79 Å². The van der Waals surface area contributed by atoms with Crippen molar-refractivity contribution in [3.8, 4) is 0 Å². The molecule has 2 aliphatic rings. The Labute approximate surface area is 77.1 Å². The number of rotatable bonds is 0. The van der Waals surface area contributed by atoms with E-state index < -0.39 is 0 Å². The third kappa shape index (κ3) is 1.02. The molecule has 2 aliphatic heterocycles. The predicted molar refractivity (Wildman–Crippen MR) is 49.9 cm³/mol. The van der Waals surface area contributed by atoms with Gasteiger partial charge in [0.2, 0.25) is 5.91 Å². The Morgan fingerprint density at radius 2 is 2.42 bits per heavy atom. The Kier molecular flexibility index (Phi) is 1.79. The van der Waals surface area contributed by atoms with E-state index in [1.54, 1.807) is 0 Å². The molecule has 66 valence electrons. The molecule has 0 spiro atoms. The fraction of sp³-hybridized carbons (Fsp3) is 0.750. The first-order valence-electron chi connectivity index (χ1n) is 4.31. The summed E-state index contributed by atoms with van der Waals surface area (Å²) in [5, 5.41) is 3.04. The SMILES string of the molecule is CC1NC(=S)C2CCCN2C1=O. The number of nitrogens with zero attached hydrogens (tertiary/aromatic N) is 1. The van der Waals surface area contributed by atoms with Gasteiger partial charge in [-0.1, -0.05) is 12.2 Å². The largest absolute Gasteiger partial charge is 0.367 e. The van der Waals surface area contributed by atoms with Gasteiger partial charge in [-0.15, -0.1) is 0 Å². The molecule has 0 aliphatic carbocycles. The standard InChI is InChI=1S/C8H12N2OS/c1-5-8(11)10-4-2-3-6(10)7(12)9-5/h5-6H,2-4H2,1H3,(H,9,12). The van der Waals surface area contributed by atoms with Crippen LogP contribution in [0.1, 0.15) is 19.8 Å². The van der Waals surface area contributed by atoms with Crippen LogP contribution < -0.4 is 5.32 Å². The van der Waals surface area contributed by atoms with E-state index in [1.807, 2.05) is 11.8 Å². The predicted octanol–water partition coefficient (Wildman–Crippen LogP) is 0.296. The van der Waals surface area contributed by atoms with Crippen LogP contribution >= 0.6 is 12.2 Å². The van der Waals surface area contributed by atoms with Gasteiger partial charge in [-0.2, -0.15) is 0 Å². The van der Waals surface area contributed by atoms with Crippen molar-refractivity contribution in [1.29, 1.82) is 0 Å². The molecular weight excluding hydrogens is 172 g/mol. The summed E-state index contributed by atoms with van der Waals surface area (Å²) < 4.78 is 0. The number of nitrogens with one attached hydrogen (secondary N) is 1. The van der Waals surface area contributed by atoms with Gasteiger partial charge >= 0.3 is 0 Å². The molecule has 2 atom stereocenters. The lowest BCUT2D eigenvalue weighted by molar-refractivity contribution is -0.133. The zero-order valence-corrected chi connectivity index (χ0v) is 7.86. The summed E-state index contributed by atoms with van der Waals surface area (Å²) in [6.45, 7) is 2.75. The fourth-order valence-corrected chi connectivity index (χ4v) is 2.34. The smallest absolute Gasteiger partial charge is 0.245 e. The van der Waals surface area contributed by atoms with Gasteiger partial charge in [0.25, 0.3) is 0 Å². The molecule has 2 saturated heterocycles. The maximum atomic E-state index is 11.6. The maximum absolute atomic E-state index is 11.6. The minimum atomic E-state index is -0.119. The van der Waals surface area contributed by atoms with E-state index in [0.29, 0.717) is 0 Å². The van der Waals surface area contributed by atoms with E-state index in [9.17, 15) is 4.79 Å². The van der Waals surface area contributed by atoms with Crippen LogP contribution in [0.5, 0.6) is 0 Å². The third-order valence-corrected chi connectivity index (χ3v) is 2.96. The summed E-state index contributed by atoms with van der Waals surface area (Å²) in [5.74, 6) is 0.200. The maximum Gasteiger partial charge on any atom is 0.245 e. The number of carbonyl (C=O) groups is 1. The second-order valence-corrected chi connectivity index (χ2v) is 3.86. The van der Waals surface area contributed by atoms with Gasteiger partial charge in [0.1, 0.15) is 6.04 Å². The first-order chi connectivity index (χ1) is 5.70. The molecule has 2 heterocycles. The second kappa shape index (κ2) is 2.69. The van der Waals surface area contributed by atoms with Crippen molar-refractivity contribution < 1.29 is 4.79 Å². The lowest BCUT2D eigenvalue weighted by Crippen LogP contribution is -2.59. The van der Waals surface area contributed by atoms with Gasteiger partial charge in [0, 0.05) is 6.54 Å². The van der Waals surface area contributed by atoms with E-state index in [1.165, 1.54) is 0 Å². The van der Waals surface area contributed by atoms with E-state index in [4.69, 9.17) is 12.2 Å². The van der Waals surface area contributed by atoms with Crippen LogP contribution in [0.2, 0.25) is 0 Å². The van der Waals surface area contributed by atoms with Gasteiger partial charge in [0.15, 0.2) is 0 Å². The summed E-state index contributed by atoms with van der Waals surface area (Å²) in [5.41, 5.74) is 0. The van der Waals surface area contributed by atoms with Gasteiger partial charge < -0.3 is 10.2 Å². The van der Waals surface area contributed by atoms with Crippen LogP contribution in [0, 0.1) is 0 Å². The number of thiocarbonyl (C=S) groups is 1. The molecule has 4 heteroatoms. The third-order valence-electron chi connectivity index (χ3n) is 2.57. The number of carbonyl (C=O) groups excluding carboxylic acids is 1. The van der Waals surface area contributed by atoms with Crippen LogP contribution in [-0.4, -0.2) is 34.4 Å². The van der Waals surface area contributed by atoms with Crippen molar-refractivity contribution in [3.63, 3.8) is 0 Å². The van der Waals surface area contributed by atoms with Crippen LogP contribution in [0.3, 0.4) is 0 Å². The molecule has 2 rings (SSSR count). The molecule has 1 amide bonds. The molecule has 0 aromatic heterocycles. The average Bonchev–Trinajstić information content (AvgIpc) is 2.48. The summed E-state index contributed by atoms with van der Waals surface area (Å²) in [6, 6.07) is 0.0792. The molecule has 12 heavy (non-hydrogen) atoms. The van der Waals surface area contributed by atoms with E-state index in [0.717, 1.165) is 24.4 Å². The Bertz CT molecular complexity index is 241. The molecule has 3 nitrogen and oxygen atoms in total. The zero-order valence-electron chi connectivity index (χ0n) is 7.04. The highest BCUT2D eigenvalue weighted by atomic mass is 32.1. The lowest BCUT2D eigenvalue weighted by Gasteiger charge is -2.34. The van der Waals surface area contributed by atoms with Crippen molar-refractivity contribution in [2.75, 3.05) is 6.54 Å². The Morgan fingerprint density at radius 3 is 3.17 bits per heavy atom. The number of hydrogen-bond acceptors (Lipinski definition) is 2. The van der Waals surface area contributed by atoms with Crippen molar-refractivity contribution in [2.24, 2.45) is 0 Å². The van der Waals surface area contributed by atoms with Crippen LogP contribution in [0.4, 0.5) is 0 Å². The monoisotopic (exact) mass is 184 g/mol. The van der Waals surface area contributed by atoms with Gasteiger partial charge in [-0.05, 0) is 19.8 Å². The topological polar surface area (TPSA) is 32.3 Å². The van der Waals surface area contributed by atoms with Crippen molar-refractivity contribution in [1.82, 2.24) is 10.2 Å². The number of hydrogen-bond donors (Lipinski definition) is 1. The number of piperazine rings is 1. The van der Waals surface area contributed by atoms with Gasteiger partial charge in [0.05, 0.1) is 11.0 Å². The zero-order chi connectivity index (χ0) is 8.72. The summed E-state index contributed by atoms with van der Waals surface area (Å²) in [7, 11) is 0. The second-order valence-electron chi connectivity index (χ2n) is 3.42. The molecule has 1 N–H and O–H groups in total. The lowest BCUT2D eigenvalue weighted by atomic mass is 10.1. The minimum Gasteiger partial charge on any atom is -0.367 e. The minimum absolute atomic E-state index is 0.119. The Morgan fingerprint density at radius 1 is 1.67 bits per heavy atom. The van der Waals surface area contributed by atoms with Gasteiger partial charge in [-0.25, -0.2) is 0 Å². The number of amides is 1. The highest BCUT2D eigenvalue weighted by molar-refractivity contribution is 7.80. The highest BCUT2D eigenvalue weighted by Gasteiger charge is 2.38. The average molecular weight is 184 g/mol. The molecule has 0 aromatic rings. The van der Waals surface area contributed by atoms with Crippen LogP contribution in [0.15, 0.2) is 0 Å². The summed E-state index contributed by atoms with van der Waals surface area (Å²) >= 11 is 5.17. The molecule has 2 fully saturated rings. The summed E-state index contributed by atoms with van der Waals surface area (Å²) in [6.07, 6.45) is 2.12. The van der Waals surface area contributed by atoms with Gasteiger partial charge in [-0.3, -0.25) is 4.79 Å². The number of fused-ring (bicyclic) bond motifs is 1.